The third-order valence-electron chi connectivity index (χ3n) is 2.77. The topological polar surface area (TPSA) is 131 Å². The number of ether oxygens (including phenoxy) is 2. The minimum absolute atomic E-state index is 0.0619. The summed E-state index contributed by atoms with van der Waals surface area (Å²) < 4.78 is 11.2. The molecule has 0 radical (unpaired) electrons. The Balaban J connectivity index is 2.01. The average Bonchev–Trinajstić information content (AvgIpc) is 2.88. The third kappa shape index (κ3) is 4.80. The number of carbonyl (C=O) groups excluding carboxylic acids is 2. The molecule has 23 heavy (non-hydrogen) atoms. The van der Waals surface area contributed by atoms with Crippen LogP contribution in [0.4, 0.5) is 5.95 Å². The molecule has 2 aromatic rings. The van der Waals surface area contributed by atoms with Gasteiger partial charge in [0.2, 0.25) is 11.6 Å². The summed E-state index contributed by atoms with van der Waals surface area (Å²) >= 11 is 0. The van der Waals surface area contributed by atoms with Crippen LogP contribution in [0.1, 0.15) is 13.8 Å². The number of aromatic nitrogens is 4. The van der Waals surface area contributed by atoms with Gasteiger partial charge in [-0.25, -0.2) is 9.97 Å². The Morgan fingerprint density at radius 2 is 1.83 bits per heavy atom. The summed E-state index contributed by atoms with van der Waals surface area (Å²) in [6.07, 6.45) is 2.90. The predicted molar refractivity (Wildman–Crippen MR) is 77.9 cm³/mol. The number of esters is 2. The van der Waals surface area contributed by atoms with Gasteiger partial charge in [0.1, 0.15) is 31.7 Å². The number of nitrogen functional groups attached to an aromatic ring is 1. The van der Waals surface area contributed by atoms with Crippen LogP contribution >= 0.6 is 0 Å². The second-order valence-electron chi connectivity index (χ2n) is 4.77. The first-order valence-electron chi connectivity index (χ1n) is 6.81. The minimum Gasteiger partial charge on any atom is -0.465 e. The fraction of sp³-hybridized carbons (Fsp3) is 0.462. The number of hydrogen-bond donors (Lipinski definition) is 1. The van der Waals surface area contributed by atoms with Crippen LogP contribution in [0.15, 0.2) is 12.5 Å². The molecule has 0 spiro atoms. The molecule has 2 heterocycles. The SMILES string of the molecule is CC(=O)OCC(COC(C)=O)COn1cnc2cnc(N)nc21. The molecule has 10 nitrogen and oxygen atoms in total. The Morgan fingerprint density at radius 1 is 1.17 bits per heavy atom. The molecule has 0 aliphatic heterocycles. The lowest BCUT2D eigenvalue weighted by Gasteiger charge is -2.17. The molecule has 10 heteroatoms. The van der Waals surface area contributed by atoms with Gasteiger partial charge in [-0.15, -0.1) is 0 Å². The summed E-state index contributed by atoms with van der Waals surface area (Å²) in [7, 11) is 0. The summed E-state index contributed by atoms with van der Waals surface area (Å²) in [5.41, 5.74) is 6.47. The average molecular weight is 323 g/mol. The maximum absolute atomic E-state index is 10.9. The molecule has 2 N–H and O–H groups in total. The monoisotopic (exact) mass is 323 g/mol. The molecule has 0 atom stereocenters. The van der Waals surface area contributed by atoms with Crippen LogP contribution in [0.5, 0.6) is 0 Å². The molecule has 0 saturated heterocycles. The number of fused-ring (bicyclic) bond motifs is 1. The number of hydrogen-bond acceptors (Lipinski definition) is 9. The van der Waals surface area contributed by atoms with Crippen LogP contribution in [-0.4, -0.2) is 51.4 Å². The summed E-state index contributed by atoms with van der Waals surface area (Å²) in [6.45, 7) is 2.84. The van der Waals surface area contributed by atoms with E-state index in [0.717, 1.165) is 0 Å². The van der Waals surface area contributed by atoms with E-state index in [1.54, 1.807) is 0 Å². The van der Waals surface area contributed by atoms with Gasteiger partial charge in [-0.3, -0.25) is 9.59 Å². The van der Waals surface area contributed by atoms with Gasteiger partial charge in [-0.05, 0) is 0 Å². The Labute approximate surface area is 131 Å². The number of nitrogens with zero attached hydrogens (tertiary/aromatic N) is 4. The van der Waals surface area contributed by atoms with Crippen molar-refractivity contribution >= 4 is 29.1 Å². The van der Waals surface area contributed by atoms with Crippen molar-refractivity contribution in [2.75, 3.05) is 25.6 Å². The largest absolute Gasteiger partial charge is 0.465 e. The molecule has 0 fully saturated rings. The standard InChI is InChI=1S/C13H17N5O5/c1-8(19)21-4-10(5-22-9(2)20)6-23-18-7-16-11-3-15-13(14)17-12(11)18/h3,7,10H,4-6H2,1-2H3,(H2,14,15,17). The van der Waals surface area contributed by atoms with Gasteiger partial charge in [0.25, 0.3) is 0 Å². The third-order valence-corrected chi connectivity index (χ3v) is 2.77. The van der Waals surface area contributed by atoms with Gasteiger partial charge >= 0.3 is 11.9 Å². The highest BCUT2D eigenvalue weighted by molar-refractivity contribution is 5.70. The van der Waals surface area contributed by atoms with Crippen LogP contribution in [0.25, 0.3) is 11.2 Å². The summed E-state index contributed by atoms with van der Waals surface area (Å²) in [4.78, 5) is 39.3. The van der Waals surface area contributed by atoms with Gasteiger partial charge in [0.15, 0.2) is 0 Å². The molecule has 0 aliphatic carbocycles. The van der Waals surface area contributed by atoms with E-state index in [1.165, 1.54) is 31.1 Å². The first-order valence-corrected chi connectivity index (χ1v) is 6.81. The Hall–Kier alpha value is -2.91. The van der Waals surface area contributed by atoms with Crippen LogP contribution < -0.4 is 10.6 Å². The zero-order valence-corrected chi connectivity index (χ0v) is 12.8. The Bertz CT molecular complexity index is 683. The van der Waals surface area contributed by atoms with Gasteiger partial charge in [-0.1, -0.05) is 0 Å². The lowest BCUT2D eigenvalue weighted by molar-refractivity contribution is -0.147. The van der Waals surface area contributed by atoms with E-state index in [4.69, 9.17) is 20.0 Å². The molecule has 124 valence electrons. The fourth-order valence-electron chi connectivity index (χ4n) is 1.70. The van der Waals surface area contributed by atoms with Crippen molar-refractivity contribution in [2.24, 2.45) is 5.92 Å². The summed E-state index contributed by atoms with van der Waals surface area (Å²) in [5.74, 6) is -1.09. The first kappa shape index (κ1) is 16.5. The molecular weight excluding hydrogens is 306 g/mol. The van der Waals surface area contributed by atoms with E-state index in [-0.39, 0.29) is 31.7 Å². The maximum Gasteiger partial charge on any atom is 0.302 e. The zero-order valence-electron chi connectivity index (χ0n) is 12.8. The molecule has 0 saturated carbocycles. The zero-order chi connectivity index (χ0) is 16.8. The van der Waals surface area contributed by atoms with Crippen molar-refractivity contribution in [1.82, 2.24) is 19.7 Å². The van der Waals surface area contributed by atoms with Crippen LogP contribution in [-0.2, 0) is 19.1 Å². The van der Waals surface area contributed by atoms with E-state index < -0.39 is 11.9 Å². The van der Waals surface area contributed by atoms with E-state index in [9.17, 15) is 9.59 Å². The number of carbonyl (C=O) groups is 2. The molecule has 0 unspecified atom stereocenters. The van der Waals surface area contributed by atoms with E-state index in [2.05, 4.69) is 15.0 Å². The number of anilines is 1. The van der Waals surface area contributed by atoms with Crippen LogP contribution in [0.2, 0.25) is 0 Å². The van der Waals surface area contributed by atoms with E-state index >= 15 is 0 Å². The summed E-state index contributed by atoms with van der Waals surface area (Å²) in [6, 6.07) is 0. The highest BCUT2D eigenvalue weighted by Crippen LogP contribution is 2.09. The normalized spacial score (nSPS) is 10.7. The number of imidazole rings is 1. The Kier molecular flexibility index (Phi) is 5.28. The minimum atomic E-state index is -0.425. The van der Waals surface area contributed by atoms with E-state index in [1.807, 2.05) is 0 Å². The van der Waals surface area contributed by atoms with Crippen molar-refractivity contribution < 1.29 is 23.9 Å². The molecule has 0 amide bonds. The van der Waals surface area contributed by atoms with Gasteiger partial charge < -0.3 is 20.0 Å². The Morgan fingerprint density at radius 3 is 2.43 bits per heavy atom. The van der Waals surface area contributed by atoms with Crippen molar-refractivity contribution in [3.8, 4) is 0 Å². The molecule has 0 bridgehead atoms. The first-order chi connectivity index (χ1) is 11.0. The number of nitrogens with two attached hydrogens (primary N) is 1. The number of rotatable bonds is 7. The highest BCUT2D eigenvalue weighted by Gasteiger charge is 2.15. The quantitative estimate of drug-likeness (QED) is 0.674. The molecule has 2 rings (SSSR count). The predicted octanol–water partition coefficient (Wildman–Crippen LogP) is -0.420. The van der Waals surface area contributed by atoms with Crippen molar-refractivity contribution in [3.63, 3.8) is 0 Å². The fourth-order valence-corrected chi connectivity index (χ4v) is 1.70. The second-order valence-corrected chi connectivity index (χ2v) is 4.77. The molecular formula is C13H17N5O5. The van der Waals surface area contributed by atoms with Crippen molar-refractivity contribution in [1.29, 1.82) is 0 Å². The highest BCUT2D eigenvalue weighted by atomic mass is 16.7. The van der Waals surface area contributed by atoms with Crippen LogP contribution in [0, 0.1) is 5.92 Å². The van der Waals surface area contributed by atoms with Crippen LogP contribution in [0.3, 0.4) is 0 Å². The molecule has 0 aliphatic rings. The van der Waals surface area contributed by atoms with Gasteiger partial charge in [-0.2, -0.15) is 9.71 Å². The second kappa shape index (κ2) is 7.38. The van der Waals surface area contributed by atoms with E-state index in [0.29, 0.717) is 11.2 Å². The van der Waals surface area contributed by atoms with Gasteiger partial charge in [0.05, 0.1) is 12.1 Å². The maximum atomic E-state index is 10.9. The molecule has 2 aromatic heterocycles. The summed E-state index contributed by atoms with van der Waals surface area (Å²) in [5, 5.41) is 0. The lowest BCUT2D eigenvalue weighted by Crippen LogP contribution is -2.28. The van der Waals surface area contributed by atoms with Crippen molar-refractivity contribution in [3.05, 3.63) is 12.5 Å². The smallest absolute Gasteiger partial charge is 0.302 e. The molecule has 0 aromatic carbocycles. The van der Waals surface area contributed by atoms with Crippen molar-refractivity contribution in [2.45, 2.75) is 13.8 Å². The van der Waals surface area contributed by atoms with Gasteiger partial charge in [0, 0.05) is 13.8 Å². The lowest BCUT2D eigenvalue weighted by atomic mass is 10.2.